The summed E-state index contributed by atoms with van der Waals surface area (Å²) in [7, 11) is 0. The summed E-state index contributed by atoms with van der Waals surface area (Å²) in [5.41, 5.74) is 7.76. The average Bonchev–Trinajstić information content (AvgIpc) is 3.18. The van der Waals surface area contributed by atoms with Gasteiger partial charge in [-0.1, -0.05) is 30.0 Å². The van der Waals surface area contributed by atoms with Gasteiger partial charge in [-0.25, -0.2) is 14.6 Å². The van der Waals surface area contributed by atoms with Crippen LogP contribution in [0.1, 0.15) is 10.4 Å². The van der Waals surface area contributed by atoms with Crippen molar-refractivity contribution in [1.29, 1.82) is 0 Å². The summed E-state index contributed by atoms with van der Waals surface area (Å²) in [4.78, 5) is 32.0. The molecule has 3 N–H and O–H groups in total. The molecule has 9 heteroatoms. The second kappa shape index (κ2) is 8.11. The van der Waals surface area contributed by atoms with Crippen LogP contribution in [0.3, 0.4) is 0 Å². The fraction of sp³-hybridized carbons (Fsp3) is 0.0500. The number of thioether (sulfide) groups is 1. The van der Waals surface area contributed by atoms with Crippen molar-refractivity contribution < 1.29 is 9.59 Å². The highest BCUT2D eigenvalue weighted by molar-refractivity contribution is 8.00. The lowest BCUT2D eigenvalue weighted by Gasteiger charge is -2.06. The third-order valence-corrected chi connectivity index (χ3v) is 5.13. The Bertz CT molecular complexity index is 1170. The SMILES string of the molecule is NC(=O)c1ccc(NC(=O)CSc2ncnc3c2cnn3-c2ccccc2)cc1. The third kappa shape index (κ3) is 4.09. The van der Waals surface area contributed by atoms with Gasteiger partial charge in [-0.2, -0.15) is 5.10 Å². The fourth-order valence-electron chi connectivity index (χ4n) is 2.74. The van der Waals surface area contributed by atoms with Gasteiger partial charge < -0.3 is 11.1 Å². The zero-order chi connectivity index (χ0) is 20.2. The van der Waals surface area contributed by atoms with Crippen LogP contribution in [0.5, 0.6) is 0 Å². The largest absolute Gasteiger partial charge is 0.366 e. The number of nitrogens with two attached hydrogens (primary N) is 1. The summed E-state index contributed by atoms with van der Waals surface area (Å²) in [6.07, 6.45) is 3.16. The first-order valence-electron chi connectivity index (χ1n) is 8.68. The average molecular weight is 404 g/mol. The van der Waals surface area contributed by atoms with E-state index in [9.17, 15) is 9.59 Å². The smallest absolute Gasteiger partial charge is 0.248 e. The topological polar surface area (TPSA) is 116 Å². The van der Waals surface area contributed by atoms with E-state index in [1.54, 1.807) is 35.1 Å². The highest BCUT2D eigenvalue weighted by Gasteiger charge is 2.13. The van der Waals surface area contributed by atoms with Crippen molar-refractivity contribution in [3.8, 4) is 5.69 Å². The molecule has 2 heterocycles. The van der Waals surface area contributed by atoms with E-state index >= 15 is 0 Å². The molecule has 0 aliphatic heterocycles. The van der Waals surface area contributed by atoms with Gasteiger partial charge in [-0.3, -0.25) is 9.59 Å². The predicted octanol–water partition coefficient (Wildman–Crippen LogP) is 2.65. The molecule has 0 fully saturated rings. The minimum absolute atomic E-state index is 0.167. The lowest BCUT2D eigenvalue weighted by Crippen LogP contribution is -2.15. The molecule has 0 saturated heterocycles. The van der Waals surface area contributed by atoms with Crippen LogP contribution in [-0.2, 0) is 4.79 Å². The Morgan fingerprint density at radius 2 is 1.79 bits per heavy atom. The molecular formula is C20H16N6O2S. The summed E-state index contributed by atoms with van der Waals surface area (Å²) in [6.45, 7) is 0. The number of benzene rings is 2. The van der Waals surface area contributed by atoms with Gasteiger partial charge in [0.1, 0.15) is 11.4 Å². The molecule has 0 radical (unpaired) electrons. The Labute approximate surface area is 170 Å². The molecule has 29 heavy (non-hydrogen) atoms. The maximum Gasteiger partial charge on any atom is 0.248 e. The minimum Gasteiger partial charge on any atom is -0.366 e. The Kier molecular flexibility index (Phi) is 5.21. The maximum absolute atomic E-state index is 12.3. The normalized spacial score (nSPS) is 10.8. The summed E-state index contributed by atoms with van der Waals surface area (Å²) < 4.78 is 1.74. The molecule has 2 aromatic heterocycles. The molecule has 0 spiro atoms. The van der Waals surface area contributed by atoms with Crippen LogP contribution >= 0.6 is 11.8 Å². The van der Waals surface area contributed by atoms with Crippen LogP contribution in [0.25, 0.3) is 16.7 Å². The first kappa shape index (κ1) is 18.6. The van der Waals surface area contributed by atoms with Gasteiger partial charge in [0.25, 0.3) is 0 Å². The van der Waals surface area contributed by atoms with Gasteiger partial charge in [0.2, 0.25) is 11.8 Å². The summed E-state index contributed by atoms with van der Waals surface area (Å²) in [5.74, 6) is -0.536. The molecule has 0 aliphatic rings. The molecule has 0 atom stereocenters. The highest BCUT2D eigenvalue weighted by Crippen LogP contribution is 2.25. The standard InChI is InChI=1S/C20H16N6O2S/c21-18(28)13-6-8-14(9-7-13)25-17(27)11-29-20-16-10-24-26(19(16)22-12-23-20)15-4-2-1-3-5-15/h1-10,12H,11H2,(H2,21,28)(H,25,27). The van der Waals surface area contributed by atoms with Gasteiger partial charge in [0.15, 0.2) is 5.65 Å². The van der Waals surface area contributed by atoms with Crippen molar-refractivity contribution in [1.82, 2.24) is 19.7 Å². The lowest BCUT2D eigenvalue weighted by molar-refractivity contribution is -0.113. The molecule has 0 bridgehead atoms. The number of rotatable bonds is 6. The number of hydrogen-bond donors (Lipinski definition) is 2. The highest BCUT2D eigenvalue weighted by atomic mass is 32.2. The molecule has 0 unspecified atom stereocenters. The summed E-state index contributed by atoms with van der Waals surface area (Å²) >= 11 is 1.30. The van der Waals surface area contributed by atoms with Gasteiger partial charge in [-0.15, -0.1) is 0 Å². The van der Waals surface area contributed by atoms with Crippen molar-refractivity contribution >= 4 is 40.3 Å². The van der Waals surface area contributed by atoms with E-state index in [0.29, 0.717) is 21.9 Å². The molecule has 2 aromatic carbocycles. The zero-order valence-corrected chi connectivity index (χ0v) is 16.0. The quantitative estimate of drug-likeness (QED) is 0.377. The number of fused-ring (bicyclic) bond motifs is 1. The van der Waals surface area contributed by atoms with Crippen LogP contribution in [-0.4, -0.2) is 37.3 Å². The number of carbonyl (C=O) groups is 2. The summed E-state index contributed by atoms with van der Waals surface area (Å²) in [5, 5.41) is 8.64. The molecule has 4 rings (SSSR count). The summed E-state index contributed by atoms with van der Waals surface area (Å²) in [6, 6.07) is 16.1. The molecule has 4 aromatic rings. The first-order chi connectivity index (χ1) is 14.1. The van der Waals surface area contributed by atoms with Crippen LogP contribution in [0.4, 0.5) is 5.69 Å². The van der Waals surface area contributed by atoms with E-state index in [1.165, 1.54) is 18.1 Å². The Balaban J connectivity index is 1.46. The molecule has 0 saturated carbocycles. The van der Waals surface area contributed by atoms with Gasteiger partial charge in [0, 0.05) is 11.3 Å². The van der Waals surface area contributed by atoms with Crippen LogP contribution in [0, 0.1) is 0 Å². The number of aromatic nitrogens is 4. The van der Waals surface area contributed by atoms with E-state index in [2.05, 4.69) is 20.4 Å². The monoisotopic (exact) mass is 404 g/mol. The molecule has 8 nitrogen and oxygen atoms in total. The van der Waals surface area contributed by atoms with Crippen molar-refractivity contribution in [2.24, 2.45) is 5.73 Å². The number of anilines is 1. The molecule has 2 amide bonds. The molecule has 0 aliphatic carbocycles. The number of carbonyl (C=O) groups excluding carboxylic acids is 2. The molecule has 144 valence electrons. The van der Waals surface area contributed by atoms with Gasteiger partial charge in [-0.05, 0) is 36.4 Å². The van der Waals surface area contributed by atoms with E-state index in [0.717, 1.165) is 11.1 Å². The maximum atomic E-state index is 12.3. The Morgan fingerprint density at radius 1 is 1.03 bits per heavy atom. The first-order valence-corrected chi connectivity index (χ1v) is 9.67. The van der Waals surface area contributed by atoms with Crippen LogP contribution in [0.2, 0.25) is 0 Å². The Hall–Kier alpha value is -3.72. The Morgan fingerprint density at radius 3 is 2.52 bits per heavy atom. The zero-order valence-electron chi connectivity index (χ0n) is 15.1. The van der Waals surface area contributed by atoms with Gasteiger partial charge in [0.05, 0.1) is 23.0 Å². The number of primary amides is 1. The van der Waals surface area contributed by atoms with Crippen molar-refractivity contribution in [2.45, 2.75) is 5.03 Å². The fourth-order valence-corrected chi connectivity index (χ4v) is 3.51. The third-order valence-electron chi connectivity index (χ3n) is 4.12. The van der Waals surface area contributed by atoms with Crippen molar-refractivity contribution in [3.63, 3.8) is 0 Å². The van der Waals surface area contributed by atoms with Gasteiger partial charge >= 0.3 is 0 Å². The number of para-hydroxylation sites is 1. The van der Waals surface area contributed by atoms with Crippen LogP contribution in [0.15, 0.2) is 72.1 Å². The second-order valence-corrected chi connectivity index (χ2v) is 7.05. The number of amides is 2. The lowest BCUT2D eigenvalue weighted by atomic mass is 10.2. The van der Waals surface area contributed by atoms with E-state index in [1.807, 2.05) is 30.3 Å². The van der Waals surface area contributed by atoms with Crippen molar-refractivity contribution in [3.05, 3.63) is 72.7 Å². The van der Waals surface area contributed by atoms with Crippen LogP contribution < -0.4 is 11.1 Å². The second-order valence-electron chi connectivity index (χ2n) is 6.09. The van der Waals surface area contributed by atoms with Crippen molar-refractivity contribution in [2.75, 3.05) is 11.1 Å². The van der Waals surface area contributed by atoms with E-state index in [-0.39, 0.29) is 11.7 Å². The number of hydrogen-bond acceptors (Lipinski definition) is 6. The van der Waals surface area contributed by atoms with E-state index < -0.39 is 5.91 Å². The molecular weight excluding hydrogens is 388 g/mol. The van der Waals surface area contributed by atoms with E-state index in [4.69, 9.17) is 5.73 Å². The number of nitrogens with zero attached hydrogens (tertiary/aromatic N) is 4. The minimum atomic E-state index is -0.512. The number of nitrogens with one attached hydrogen (secondary N) is 1. The predicted molar refractivity (Wildman–Crippen MR) is 111 cm³/mol.